The lowest BCUT2D eigenvalue weighted by atomic mass is 10.1. The van der Waals surface area contributed by atoms with Crippen LogP contribution in [0.15, 0.2) is 41.3 Å². The van der Waals surface area contributed by atoms with Gasteiger partial charge < -0.3 is 9.88 Å². The van der Waals surface area contributed by atoms with Crippen molar-refractivity contribution in [2.24, 2.45) is 0 Å². The van der Waals surface area contributed by atoms with Crippen LogP contribution in [0, 0.1) is 0 Å². The number of benzene rings is 1. The molecule has 1 atom stereocenters. The molecular weight excluding hydrogens is 236 g/mol. The van der Waals surface area contributed by atoms with E-state index in [9.17, 15) is 4.79 Å². The van der Waals surface area contributed by atoms with Crippen molar-refractivity contribution in [2.45, 2.75) is 39.3 Å². The van der Waals surface area contributed by atoms with Crippen LogP contribution in [0.5, 0.6) is 0 Å². The number of aromatic nitrogens is 1. The number of hydrogen-bond acceptors (Lipinski definition) is 2. The quantitative estimate of drug-likeness (QED) is 0.864. The molecule has 2 rings (SSSR count). The molecule has 19 heavy (non-hydrogen) atoms. The van der Waals surface area contributed by atoms with Crippen molar-refractivity contribution in [1.29, 1.82) is 0 Å². The van der Waals surface area contributed by atoms with Gasteiger partial charge in [-0.2, -0.15) is 0 Å². The predicted octanol–water partition coefficient (Wildman–Crippen LogP) is 2.78. The Bertz CT molecular complexity index is 589. The number of fused-ring (bicyclic) bond motifs is 1. The number of hydrogen-bond donors (Lipinski definition) is 1. The first-order valence-corrected chi connectivity index (χ1v) is 7.04. The van der Waals surface area contributed by atoms with Gasteiger partial charge in [0.25, 0.3) is 5.56 Å². The second-order valence-corrected chi connectivity index (χ2v) is 5.05. The largest absolute Gasteiger partial charge is 0.315 e. The molecule has 0 bridgehead atoms. The van der Waals surface area contributed by atoms with Crippen molar-refractivity contribution in [2.75, 3.05) is 6.54 Å². The molecule has 1 aromatic heterocycles. The summed E-state index contributed by atoms with van der Waals surface area (Å²) in [6.07, 6.45) is 4.01. The van der Waals surface area contributed by atoms with Gasteiger partial charge >= 0.3 is 0 Å². The summed E-state index contributed by atoms with van der Waals surface area (Å²) in [6, 6.07) is 10.2. The van der Waals surface area contributed by atoms with E-state index in [2.05, 4.69) is 19.2 Å². The molecule has 1 unspecified atom stereocenters. The van der Waals surface area contributed by atoms with Gasteiger partial charge in [0.2, 0.25) is 0 Å². The molecule has 0 aliphatic carbocycles. The molecule has 0 saturated heterocycles. The zero-order valence-corrected chi connectivity index (χ0v) is 11.7. The lowest BCUT2D eigenvalue weighted by molar-refractivity contribution is 0.472. The van der Waals surface area contributed by atoms with Crippen LogP contribution in [0.1, 0.15) is 26.7 Å². The Morgan fingerprint density at radius 3 is 2.84 bits per heavy atom. The van der Waals surface area contributed by atoms with Crippen LogP contribution in [-0.4, -0.2) is 17.2 Å². The maximum absolute atomic E-state index is 12.3. The van der Waals surface area contributed by atoms with E-state index >= 15 is 0 Å². The van der Waals surface area contributed by atoms with E-state index in [0.29, 0.717) is 6.04 Å². The highest BCUT2D eigenvalue weighted by atomic mass is 16.1. The molecule has 2 aromatic rings. The molecule has 1 heterocycles. The summed E-state index contributed by atoms with van der Waals surface area (Å²) >= 11 is 0. The average molecular weight is 258 g/mol. The van der Waals surface area contributed by atoms with Gasteiger partial charge in [0.15, 0.2) is 0 Å². The zero-order chi connectivity index (χ0) is 13.7. The highest BCUT2D eigenvalue weighted by Crippen LogP contribution is 2.08. The van der Waals surface area contributed by atoms with E-state index in [1.165, 1.54) is 0 Å². The summed E-state index contributed by atoms with van der Waals surface area (Å²) in [5, 5.41) is 5.26. The van der Waals surface area contributed by atoms with Crippen molar-refractivity contribution in [3.8, 4) is 0 Å². The minimum absolute atomic E-state index is 0.112. The SMILES string of the molecule is CCCNC(C)CCn1ccc2ccccc2c1=O. The summed E-state index contributed by atoms with van der Waals surface area (Å²) in [5.41, 5.74) is 0.112. The molecule has 0 aliphatic rings. The van der Waals surface area contributed by atoms with Crippen molar-refractivity contribution >= 4 is 10.8 Å². The normalized spacial score (nSPS) is 12.7. The van der Waals surface area contributed by atoms with E-state index in [4.69, 9.17) is 0 Å². The van der Waals surface area contributed by atoms with Crippen LogP contribution in [0.3, 0.4) is 0 Å². The van der Waals surface area contributed by atoms with Crippen LogP contribution in [0.2, 0.25) is 0 Å². The fourth-order valence-electron chi connectivity index (χ4n) is 2.23. The maximum atomic E-state index is 12.3. The number of aryl methyl sites for hydroxylation is 1. The predicted molar refractivity (Wildman–Crippen MR) is 80.6 cm³/mol. The molecule has 1 N–H and O–H groups in total. The summed E-state index contributed by atoms with van der Waals surface area (Å²) in [6.45, 7) is 6.13. The lowest BCUT2D eigenvalue weighted by Gasteiger charge is -2.14. The van der Waals surface area contributed by atoms with Crippen LogP contribution in [0.25, 0.3) is 10.8 Å². The van der Waals surface area contributed by atoms with Crippen LogP contribution in [0.4, 0.5) is 0 Å². The van der Waals surface area contributed by atoms with Crippen molar-refractivity contribution in [3.05, 3.63) is 46.9 Å². The van der Waals surface area contributed by atoms with E-state index in [0.717, 1.165) is 36.7 Å². The summed E-state index contributed by atoms with van der Waals surface area (Å²) < 4.78 is 1.81. The van der Waals surface area contributed by atoms with E-state index in [1.54, 1.807) is 0 Å². The first kappa shape index (κ1) is 13.8. The van der Waals surface area contributed by atoms with Crippen LogP contribution < -0.4 is 10.9 Å². The Hall–Kier alpha value is -1.61. The van der Waals surface area contributed by atoms with Gasteiger partial charge in [-0.3, -0.25) is 4.79 Å². The van der Waals surface area contributed by atoms with Crippen molar-refractivity contribution in [1.82, 2.24) is 9.88 Å². The number of rotatable bonds is 6. The summed E-state index contributed by atoms with van der Waals surface area (Å²) in [5.74, 6) is 0. The van der Waals surface area contributed by atoms with Gasteiger partial charge in [0.1, 0.15) is 0 Å². The first-order chi connectivity index (χ1) is 9.22. The van der Waals surface area contributed by atoms with E-state index in [1.807, 2.05) is 41.1 Å². The third-order valence-electron chi connectivity index (χ3n) is 3.43. The van der Waals surface area contributed by atoms with Gasteiger partial charge in [-0.05, 0) is 43.8 Å². The Morgan fingerprint density at radius 1 is 1.26 bits per heavy atom. The Kier molecular flexibility index (Phi) is 4.74. The van der Waals surface area contributed by atoms with E-state index in [-0.39, 0.29) is 5.56 Å². The van der Waals surface area contributed by atoms with Gasteiger partial charge in [-0.1, -0.05) is 25.1 Å². The van der Waals surface area contributed by atoms with Crippen LogP contribution in [-0.2, 0) is 6.54 Å². The molecular formula is C16H22N2O. The molecule has 0 amide bonds. The van der Waals surface area contributed by atoms with Gasteiger partial charge in [-0.15, -0.1) is 0 Å². The topological polar surface area (TPSA) is 34.0 Å². The minimum Gasteiger partial charge on any atom is -0.315 e. The third kappa shape index (κ3) is 3.44. The van der Waals surface area contributed by atoms with Gasteiger partial charge in [-0.25, -0.2) is 0 Å². The third-order valence-corrected chi connectivity index (χ3v) is 3.43. The fourth-order valence-corrected chi connectivity index (χ4v) is 2.23. The Balaban J connectivity index is 2.09. The molecule has 0 radical (unpaired) electrons. The lowest BCUT2D eigenvalue weighted by Crippen LogP contribution is -2.29. The van der Waals surface area contributed by atoms with E-state index < -0.39 is 0 Å². The monoisotopic (exact) mass is 258 g/mol. The molecule has 0 spiro atoms. The van der Waals surface area contributed by atoms with Crippen molar-refractivity contribution in [3.63, 3.8) is 0 Å². The summed E-state index contributed by atoms with van der Waals surface area (Å²) in [4.78, 5) is 12.3. The molecule has 0 aliphatic heterocycles. The highest BCUT2D eigenvalue weighted by molar-refractivity contribution is 5.81. The highest BCUT2D eigenvalue weighted by Gasteiger charge is 2.04. The van der Waals surface area contributed by atoms with Gasteiger partial charge in [0.05, 0.1) is 0 Å². The summed E-state index contributed by atoms with van der Waals surface area (Å²) in [7, 11) is 0. The smallest absolute Gasteiger partial charge is 0.258 e. The minimum atomic E-state index is 0.112. The molecule has 3 nitrogen and oxygen atoms in total. The molecule has 1 aromatic carbocycles. The van der Waals surface area contributed by atoms with Crippen LogP contribution >= 0.6 is 0 Å². The second-order valence-electron chi connectivity index (χ2n) is 5.05. The molecule has 0 fully saturated rings. The van der Waals surface area contributed by atoms with Crippen molar-refractivity contribution < 1.29 is 0 Å². The standard InChI is InChI=1S/C16H22N2O/c1-3-10-17-13(2)8-11-18-12-9-14-6-4-5-7-15(14)16(18)19/h4-7,9,12-13,17H,3,8,10-11H2,1-2H3. The molecule has 102 valence electrons. The Labute approximate surface area is 114 Å². The number of nitrogens with zero attached hydrogens (tertiary/aromatic N) is 1. The zero-order valence-electron chi connectivity index (χ0n) is 11.7. The number of pyridine rings is 1. The number of nitrogens with one attached hydrogen (secondary N) is 1. The first-order valence-electron chi connectivity index (χ1n) is 7.04. The van der Waals surface area contributed by atoms with Gasteiger partial charge in [0, 0.05) is 24.2 Å². The second kappa shape index (κ2) is 6.53. The fraction of sp³-hybridized carbons (Fsp3) is 0.438. The maximum Gasteiger partial charge on any atom is 0.258 e. The average Bonchev–Trinajstić information content (AvgIpc) is 2.44. The Morgan fingerprint density at radius 2 is 2.05 bits per heavy atom. The molecule has 0 saturated carbocycles. The molecule has 3 heteroatoms.